The normalized spacial score (nSPS) is 40.1. The van der Waals surface area contributed by atoms with Crippen LogP contribution in [0.1, 0.15) is 50.2 Å². The molecule has 27 heavy (non-hydrogen) atoms. The minimum absolute atomic E-state index is 0.0204. The summed E-state index contributed by atoms with van der Waals surface area (Å²) in [6, 6.07) is 7.56. The Bertz CT molecular complexity index is 819. The van der Waals surface area contributed by atoms with Gasteiger partial charge in [-0.2, -0.15) is 5.26 Å². The molecule has 0 heterocycles. The summed E-state index contributed by atoms with van der Waals surface area (Å²) < 4.78 is 5.34. The van der Waals surface area contributed by atoms with Gasteiger partial charge in [-0.25, -0.2) is 0 Å². The largest absolute Gasteiger partial charge is 0.497 e. The van der Waals surface area contributed by atoms with E-state index < -0.39 is 23.0 Å². The van der Waals surface area contributed by atoms with Crippen molar-refractivity contribution in [2.75, 3.05) is 7.11 Å². The van der Waals surface area contributed by atoms with E-state index in [2.05, 4.69) is 13.0 Å². The first-order valence-corrected chi connectivity index (χ1v) is 9.76. The molecule has 6 heteroatoms. The highest BCUT2D eigenvalue weighted by Crippen LogP contribution is 2.63. The van der Waals surface area contributed by atoms with E-state index in [1.54, 1.807) is 7.11 Å². The molecule has 0 spiro atoms. The third-order valence-electron chi connectivity index (χ3n) is 7.69. The fourth-order valence-corrected chi connectivity index (χ4v) is 6.59. The van der Waals surface area contributed by atoms with E-state index in [4.69, 9.17) is 4.74 Å². The number of ether oxygens (including phenoxy) is 1. The maximum Gasteiger partial charge on any atom is 0.218 e. The van der Waals surface area contributed by atoms with Crippen molar-refractivity contribution in [3.8, 4) is 11.8 Å². The van der Waals surface area contributed by atoms with Gasteiger partial charge in [0.15, 0.2) is 0 Å². The number of nitriles is 1. The molecule has 0 amide bonds. The van der Waals surface area contributed by atoms with Gasteiger partial charge in [0.1, 0.15) is 5.75 Å². The molecule has 4 rings (SSSR count). The standard InChI is InChI=1S/C21H26N2O4/c1-20-10-14(24)4-6-17(20)18(23(25)26)11-21(12-22)16-7-5-15(27-2)9-13(16)3-8-19(20)21/h5,7,9,14,17-19,24H,3-4,6,8,10-11H2,1-2H3/t14-,17-,18+,19-,20+,21+/m1/s1. The molecule has 0 unspecified atom stereocenters. The van der Waals surface area contributed by atoms with Crippen molar-refractivity contribution in [1.82, 2.24) is 0 Å². The highest BCUT2D eigenvalue weighted by atomic mass is 16.6. The number of aryl methyl sites for hydroxylation is 1. The number of nitro groups is 1. The second kappa shape index (κ2) is 6.20. The van der Waals surface area contributed by atoms with Gasteiger partial charge in [-0.3, -0.25) is 10.1 Å². The van der Waals surface area contributed by atoms with Crippen molar-refractivity contribution in [2.45, 2.75) is 63.0 Å². The molecule has 0 radical (unpaired) electrons. The van der Waals surface area contributed by atoms with Gasteiger partial charge >= 0.3 is 0 Å². The zero-order valence-corrected chi connectivity index (χ0v) is 15.9. The molecule has 2 fully saturated rings. The Kier molecular flexibility index (Phi) is 4.19. The third-order valence-corrected chi connectivity index (χ3v) is 7.69. The molecule has 2 saturated carbocycles. The number of aliphatic hydroxyl groups excluding tert-OH is 1. The first-order chi connectivity index (χ1) is 12.9. The highest BCUT2D eigenvalue weighted by molar-refractivity contribution is 5.48. The van der Waals surface area contributed by atoms with Gasteiger partial charge in [-0.05, 0) is 66.7 Å². The van der Waals surface area contributed by atoms with Crippen molar-refractivity contribution in [3.05, 3.63) is 39.4 Å². The van der Waals surface area contributed by atoms with Crippen LogP contribution in [-0.4, -0.2) is 29.3 Å². The molecule has 1 aromatic rings. The minimum atomic E-state index is -0.875. The summed E-state index contributed by atoms with van der Waals surface area (Å²) in [5.41, 5.74) is 0.710. The quantitative estimate of drug-likeness (QED) is 0.637. The van der Waals surface area contributed by atoms with Crippen molar-refractivity contribution >= 4 is 0 Å². The van der Waals surface area contributed by atoms with Gasteiger partial charge in [0.05, 0.1) is 24.7 Å². The highest BCUT2D eigenvalue weighted by Gasteiger charge is 2.65. The number of aliphatic hydroxyl groups is 1. The average molecular weight is 370 g/mol. The predicted molar refractivity (Wildman–Crippen MR) is 99.0 cm³/mol. The van der Waals surface area contributed by atoms with Crippen LogP contribution >= 0.6 is 0 Å². The lowest BCUT2D eigenvalue weighted by Crippen LogP contribution is -2.62. The zero-order chi connectivity index (χ0) is 19.4. The molecule has 1 aromatic carbocycles. The molecule has 6 atom stereocenters. The van der Waals surface area contributed by atoms with E-state index in [1.165, 1.54) is 0 Å². The smallest absolute Gasteiger partial charge is 0.218 e. The van der Waals surface area contributed by atoms with E-state index >= 15 is 0 Å². The molecule has 0 aliphatic heterocycles. The maximum atomic E-state index is 12.0. The molecular weight excluding hydrogens is 344 g/mol. The number of hydrogen-bond donors (Lipinski definition) is 1. The zero-order valence-electron chi connectivity index (χ0n) is 15.9. The molecule has 3 aliphatic rings. The Morgan fingerprint density at radius 1 is 1.33 bits per heavy atom. The van der Waals surface area contributed by atoms with E-state index in [9.17, 15) is 20.5 Å². The molecule has 0 bridgehead atoms. The summed E-state index contributed by atoms with van der Waals surface area (Å²) >= 11 is 0. The number of rotatable bonds is 2. The fraction of sp³-hybridized carbons (Fsp3) is 0.667. The predicted octanol–water partition coefficient (Wildman–Crippen LogP) is 3.24. The van der Waals surface area contributed by atoms with E-state index in [1.807, 2.05) is 18.2 Å². The lowest BCUT2D eigenvalue weighted by molar-refractivity contribution is -0.546. The molecule has 0 saturated heterocycles. The topological polar surface area (TPSA) is 96.4 Å². The molecular formula is C21H26N2O4. The number of methoxy groups -OCH3 is 1. The summed E-state index contributed by atoms with van der Waals surface area (Å²) in [6.07, 6.45) is 3.30. The van der Waals surface area contributed by atoms with Crippen molar-refractivity contribution < 1.29 is 14.8 Å². The second-order valence-electron chi connectivity index (χ2n) is 8.80. The first-order valence-electron chi connectivity index (χ1n) is 9.76. The van der Waals surface area contributed by atoms with Gasteiger partial charge < -0.3 is 9.84 Å². The van der Waals surface area contributed by atoms with E-state index in [-0.39, 0.29) is 23.2 Å². The second-order valence-corrected chi connectivity index (χ2v) is 8.80. The third kappa shape index (κ3) is 2.48. The lowest BCUT2D eigenvalue weighted by Gasteiger charge is -2.59. The van der Waals surface area contributed by atoms with Gasteiger partial charge in [0.2, 0.25) is 6.04 Å². The monoisotopic (exact) mass is 370 g/mol. The maximum absolute atomic E-state index is 12.0. The van der Waals surface area contributed by atoms with Crippen LogP contribution in [0.5, 0.6) is 5.75 Å². The van der Waals surface area contributed by atoms with Gasteiger partial charge in [0, 0.05) is 17.3 Å². The lowest BCUT2D eigenvalue weighted by atomic mass is 9.42. The van der Waals surface area contributed by atoms with Crippen LogP contribution in [0.4, 0.5) is 0 Å². The summed E-state index contributed by atoms with van der Waals surface area (Å²) in [5.74, 6) is 0.688. The fourth-order valence-electron chi connectivity index (χ4n) is 6.59. The van der Waals surface area contributed by atoms with Crippen LogP contribution < -0.4 is 4.74 Å². The van der Waals surface area contributed by atoms with Gasteiger partial charge in [0.25, 0.3) is 0 Å². The Labute approximate surface area is 159 Å². The van der Waals surface area contributed by atoms with Gasteiger partial charge in [-0.15, -0.1) is 0 Å². The van der Waals surface area contributed by atoms with Crippen molar-refractivity contribution in [2.24, 2.45) is 17.3 Å². The van der Waals surface area contributed by atoms with Crippen LogP contribution in [0.3, 0.4) is 0 Å². The number of benzene rings is 1. The van der Waals surface area contributed by atoms with E-state index in [0.29, 0.717) is 19.3 Å². The van der Waals surface area contributed by atoms with Crippen LogP contribution in [0.15, 0.2) is 18.2 Å². The number of hydrogen-bond acceptors (Lipinski definition) is 5. The van der Waals surface area contributed by atoms with Crippen molar-refractivity contribution in [3.63, 3.8) is 0 Å². The van der Waals surface area contributed by atoms with E-state index in [0.717, 1.165) is 29.7 Å². The Balaban J connectivity index is 1.89. The number of nitrogens with zero attached hydrogens (tertiary/aromatic N) is 2. The molecule has 1 N–H and O–H groups in total. The first kappa shape index (κ1) is 18.2. The Morgan fingerprint density at radius 3 is 2.78 bits per heavy atom. The van der Waals surface area contributed by atoms with Crippen LogP contribution in [0.25, 0.3) is 0 Å². The molecule has 3 aliphatic carbocycles. The summed E-state index contributed by atoms with van der Waals surface area (Å²) in [6.45, 7) is 2.08. The van der Waals surface area contributed by atoms with Crippen molar-refractivity contribution in [1.29, 1.82) is 5.26 Å². The Hall–Kier alpha value is -2.13. The average Bonchev–Trinajstić information content (AvgIpc) is 2.65. The molecule has 6 nitrogen and oxygen atoms in total. The SMILES string of the molecule is COc1ccc2c(c1)CC[C@@H]1[C@@]3(C)C[C@H](O)CC[C@@H]3[C@@H]([N+](=O)[O-])C[C@]21C#N. The van der Waals surface area contributed by atoms with Crippen LogP contribution in [-0.2, 0) is 11.8 Å². The van der Waals surface area contributed by atoms with Gasteiger partial charge in [-0.1, -0.05) is 13.0 Å². The van der Waals surface area contributed by atoms with Crippen LogP contribution in [0, 0.1) is 38.7 Å². The molecule has 144 valence electrons. The summed E-state index contributed by atoms with van der Waals surface area (Å²) in [4.78, 5) is 11.8. The van der Waals surface area contributed by atoms with Crippen LogP contribution in [0.2, 0.25) is 0 Å². The molecule has 0 aromatic heterocycles. The summed E-state index contributed by atoms with van der Waals surface area (Å²) in [7, 11) is 1.62. The summed E-state index contributed by atoms with van der Waals surface area (Å²) in [5, 5.41) is 32.7. The minimum Gasteiger partial charge on any atom is -0.497 e. The Morgan fingerprint density at radius 2 is 2.11 bits per heavy atom. The number of fused-ring (bicyclic) bond motifs is 5.